The molecule has 20 nitrogen and oxygen atoms in total. The Bertz CT molecular complexity index is 2800. The number of aromatic nitrogens is 1. The molecule has 73 heavy (non-hydrogen) atoms. The van der Waals surface area contributed by atoms with Gasteiger partial charge in [0.2, 0.25) is 11.8 Å². The molecule has 4 aromatic rings. The molecular formula is C53H62N8O12. The van der Waals surface area contributed by atoms with Gasteiger partial charge in [-0.25, -0.2) is 9.69 Å². The van der Waals surface area contributed by atoms with Crippen LogP contribution in [-0.4, -0.2) is 128 Å². The van der Waals surface area contributed by atoms with Gasteiger partial charge < -0.3 is 65.0 Å². The van der Waals surface area contributed by atoms with Crippen LogP contribution in [0.4, 0.5) is 21.9 Å². The van der Waals surface area contributed by atoms with Crippen LogP contribution < -0.4 is 50.3 Å². The normalized spacial score (nSPS) is 20.0. The number of aliphatic hydroxyl groups is 1. The SMILES string of the molecule is COc1ccc(C2=CN3C(=O)c4cc(OC)c(OCCCOc5cc6c(cc5OC)C(=O)N5CC7(CC7)C[C@H]5C(O)N6C(=O)OCc5ccc(NC(=O)[C@H](C)NC(=O)[C@@H](N)C(C)C)cn5)cc4NC[C@@H]3C2)cc1. The molecule has 4 aliphatic heterocycles. The van der Waals surface area contributed by atoms with Crippen LogP contribution >= 0.6 is 0 Å². The van der Waals surface area contributed by atoms with E-state index in [1.807, 2.05) is 44.3 Å². The molecule has 1 aliphatic carbocycles. The van der Waals surface area contributed by atoms with Crippen LogP contribution in [0.2, 0.25) is 0 Å². The fraction of sp³-hybridized carbons (Fsp3) is 0.434. The fourth-order valence-corrected chi connectivity index (χ4v) is 9.73. The maximum atomic E-state index is 14.3. The number of pyridine rings is 1. The van der Waals surface area contributed by atoms with E-state index in [4.69, 9.17) is 34.2 Å². The highest BCUT2D eigenvalue weighted by Gasteiger charge is 2.58. The lowest BCUT2D eigenvalue weighted by atomic mass is 10.0. The number of hydrogen-bond acceptors (Lipinski definition) is 15. The number of nitrogens with two attached hydrogens (primary N) is 1. The first-order chi connectivity index (χ1) is 35.1. The third-order valence-corrected chi connectivity index (χ3v) is 14.3. The van der Waals surface area contributed by atoms with Gasteiger partial charge in [-0.05, 0) is 91.5 Å². The Kier molecular flexibility index (Phi) is 14.4. The number of aliphatic hydroxyl groups excluding tert-OH is 1. The summed E-state index contributed by atoms with van der Waals surface area (Å²) in [5, 5.41) is 20.8. The molecule has 386 valence electrons. The zero-order valence-corrected chi connectivity index (χ0v) is 41.8. The summed E-state index contributed by atoms with van der Waals surface area (Å²) >= 11 is 0. The molecule has 0 radical (unpaired) electrons. The summed E-state index contributed by atoms with van der Waals surface area (Å²) in [6.07, 6.45) is 4.34. The van der Waals surface area contributed by atoms with Crippen LogP contribution in [0.3, 0.4) is 0 Å². The molecule has 9 rings (SSSR count). The number of carbonyl (C=O) groups is 5. The molecule has 1 aromatic heterocycles. The smallest absolute Gasteiger partial charge is 0.416 e. The topological polar surface area (TPSA) is 246 Å². The molecule has 2 fully saturated rings. The van der Waals surface area contributed by atoms with Gasteiger partial charge in [0.15, 0.2) is 29.2 Å². The van der Waals surface area contributed by atoms with Crippen molar-refractivity contribution >= 4 is 52.4 Å². The van der Waals surface area contributed by atoms with E-state index >= 15 is 0 Å². The Morgan fingerprint density at radius 2 is 1.58 bits per heavy atom. The molecule has 5 aliphatic rings. The average Bonchev–Trinajstić information content (AvgIpc) is 3.90. The van der Waals surface area contributed by atoms with Gasteiger partial charge in [0.05, 0.1) is 92.7 Å². The first-order valence-electron chi connectivity index (χ1n) is 24.5. The number of ether oxygens (including phenoxy) is 6. The lowest BCUT2D eigenvalue weighted by Crippen LogP contribution is -2.50. The van der Waals surface area contributed by atoms with E-state index in [1.165, 1.54) is 32.5 Å². The fourth-order valence-electron chi connectivity index (χ4n) is 9.73. The minimum atomic E-state index is -1.46. The van der Waals surface area contributed by atoms with Crippen LogP contribution in [0.25, 0.3) is 5.57 Å². The Morgan fingerprint density at radius 1 is 0.877 bits per heavy atom. The summed E-state index contributed by atoms with van der Waals surface area (Å²) in [6.45, 7) is 6.16. The number of hydrogen-bond donors (Lipinski definition) is 5. The van der Waals surface area contributed by atoms with Crippen LogP contribution in [0.15, 0.2) is 73.1 Å². The highest BCUT2D eigenvalue weighted by Crippen LogP contribution is 2.57. The van der Waals surface area contributed by atoms with Gasteiger partial charge in [-0.1, -0.05) is 26.0 Å². The molecule has 5 atom stereocenters. The number of carbonyl (C=O) groups excluding carboxylic acids is 5. The lowest BCUT2D eigenvalue weighted by molar-refractivity contribution is -0.127. The highest BCUT2D eigenvalue weighted by molar-refractivity contribution is 6.06. The summed E-state index contributed by atoms with van der Waals surface area (Å²) in [7, 11) is 4.59. The molecule has 5 amide bonds. The quantitative estimate of drug-likeness (QED) is 0.0817. The monoisotopic (exact) mass is 1000 g/mol. The molecule has 1 saturated heterocycles. The van der Waals surface area contributed by atoms with Gasteiger partial charge in [-0.15, -0.1) is 0 Å². The number of fused-ring (bicyclic) bond motifs is 4. The van der Waals surface area contributed by atoms with E-state index in [0.717, 1.165) is 34.6 Å². The Balaban J connectivity index is 0.856. The van der Waals surface area contributed by atoms with Crippen molar-refractivity contribution in [2.24, 2.45) is 17.1 Å². The van der Waals surface area contributed by atoms with E-state index < -0.39 is 42.3 Å². The molecule has 3 aromatic carbocycles. The van der Waals surface area contributed by atoms with Crippen molar-refractivity contribution in [1.29, 1.82) is 0 Å². The molecule has 6 N–H and O–H groups in total. The van der Waals surface area contributed by atoms with Gasteiger partial charge in [-0.2, -0.15) is 0 Å². The first-order valence-corrected chi connectivity index (χ1v) is 24.5. The predicted molar refractivity (Wildman–Crippen MR) is 269 cm³/mol. The van der Waals surface area contributed by atoms with Crippen LogP contribution in [0, 0.1) is 11.3 Å². The zero-order valence-electron chi connectivity index (χ0n) is 41.8. The molecule has 20 heteroatoms. The lowest BCUT2D eigenvalue weighted by Gasteiger charge is -2.31. The third-order valence-electron chi connectivity index (χ3n) is 14.3. The predicted octanol–water partition coefficient (Wildman–Crippen LogP) is 5.53. The second-order valence-corrected chi connectivity index (χ2v) is 19.5. The first kappa shape index (κ1) is 50.4. The molecular weight excluding hydrogens is 941 g/mol. The number of nitrogens with zero attached hydrogens (tertiary/aromatic N) is 4. The van der Waals surface area contributed by atoms with Gasteiger partial charge in [0, 0.05) is 37.8 Å². The molecule has 1 spiro atoms. The van der Waals surface area contributed by atoms with Crippen molar-refractivity contribution in [3.8, 4) is 28.7 Å². The van der Waals surface area contributed by atoms with Gasteiger partial charge >= 0.3 is 6.09 Å². The minimum Gasteiger partial charge on any atom is -0.497 e. The number of rotatable bonds is 17. The molecule has 5 heterocycles. The van der Waals surface area contributed by atoms with Crippen LogP contribution in [0.5, 0.6) is 28.7 Å². The Morgan fingerprint density at radius 3 is 2.22 bits per heavy atom. The highest BCUT2D eigenvalue weighted by atomic mass is 16.6. The number of nitrogens with one attached hydrogen (secondary N) is 3. The zero-order chi connectivity index (χ0) is 51.7. The third kappa shape index (κ3) is 10.4. The second-order valence-electron chi connectivity index (χ2n) is 19.5. The Hall–Kier alpha value is -7.58. The van der Waals surface area contributed by atoms with Gasteiger partial charge in [0.25, 0.3) is 11.8 Å². The maximum absolute atomic E-state index is 14.3. The second kappa shape index (κ2) is 20.9. The van der Waals surface area contributed by atoms with Gasteiger partial charge in [-0.3, -0.25) is 24.2 Å². The van der Waals surface area contributed by atoms with Crippen LogP contribution in [0.1, 0.15) is 84.8 Å². The summed E-state index contributed by atoms with van der Waals surface area (Å²) in [5.74, 6) is 0.524. The van der Waals surface area contributed by atoms with Crippen molar-refractivity contribution in [3.05, 3.63) is 95.4 Å². The van der Waals surface area contributed by atoms with E-state index in [2.05, 4.69) is 20.9 Å². The van der Waals surface area contributed by atoms with E-state index in [9.17, 15) is 29.1 Å². The number of amides is 5. The van der Waals surface area contributed by atoms with Crippen LogP contribution in [-0.2, 0) is 20.9 Å². The minimum absolute atomic E-state index is 0.0834. The largest absolute Gasteiger partial charge is 0.497 e. The Labute approximate surface area is 423 Å². The van der Waals surface area contributed by atoms with E-state index in [-0.39, 0.29) is 71.8 Å². The van der Waals surface area contributed by atoms with Crippen molar-refractivity contribution in [2.45, 2.75) is 89.9 Å². The van der Waals surface area contributed by atoms with Crippen molar-refractivity contribution in [2.75, 3.05) is 63.2 Å². The summed E-state index contributed by atoms with van der Waals surface area (Å²) in [6, 6.07) is 15.0. The number of anilines is 3. The van der Waals surface area contributed by atoms with Crippen molar-refractivity contribution < 1.29 is 57.5 Å². The van der Waals surface area contributed by atoms with Gasteiger partial charge in [0.1, 0.15) is 18.4 Å². The molecule has 0 bridgehead atoms. The van der Waals surface area contributed by atoms with E-state index in [0.29, 0.717) is 66.5 Å². The number of benzene rings is 3. The standard InChI is InChI=1S/C53H62N8O12/c1-29(2)46(54)48(63)57-30(3)47(62)58-33-10-11-34(55-24-33)27-73-52(67)61-40-22-45(43(70-6)20-38(40)50(65)60-28-53(14-15-53)23-41(60)51(61)66)72-17-7-16-71-44-21-39-37(19-42(44)69-5)49(64)59-26-32(18-35(59)25-56-39)31-8-12-36(68-4)13-9-31/h8-13,19-22,24,26,29-30,35,41,46,51,56,66H,7,14-18,23,25,27-28,54H2,1-6H3,(H,57,63)(H,58,62)/t30-,35-,41-,46-,51?/m0/s1. The number of methoxy groups -OCH3 is 3. The van der Waals surface area contributed by atoms with Crippen molar-refractivity contribution in [3.63, 3.8) is 0 Å². The summed E-state index contributed by atoms with van der Waals surface area (Å²) in [4.78, 5) is 76.5. The molecule has 1 saturated carbocycles. The summed E-state index contributed by atoms with van der Waals surface area (Å²) < 4.78 is 34.9. The van der Waals surface area contributed by atoms with E-state index in [1.54, 1.807) is 48.1 Å². The summed E-state index contributed by atoms with van der Waals surface area (Å²) in [5.41, 5.74) is 9.88. The molecule has 1 unspecified atom stereocenters. The average molecular weight is 1000 g/mol. The maximum Gasteiger partial charge on any atom is 0.416 e. The van der Waals surface area contributed by atoms with Crippen molar-refractivity contribution in [1.82, 2.24) is 20.1 Å².